The summed E-state index contributed by atoms with van der Waals surface area (Å²) < 4.78 is 27.1. The SMILES string of the molecule is CCn1cc(C2(N)CC(F)(F)C2)cn1. The molecule has 0 aromatic carbocycles. The molecule has 0 aliphatic heterocycles. The molecule has 1 aliphatic rings. The van der Waals surface area contributed by atoms with Gasteiger partial charge >= 0.3 is 0 Å². The molecule has 0 spiro atoms. The molecule has 0 saturated heterocycles. The average molecular weight is 201 g/mol. The fraction of sp³-hybridized carbons (Fsp3) is 0.667. The van der Waals surface area contributed by atoms with Crippen molar-refractivity contribution in [3.63, 3.8) is 0 Å². The van der Waals surface area contributed by atoms with E-state index < -0.39 is 11.5 Å². The second-order valence-corrected chi connectivity index (χ2v) is 3.95. The lowest BCUT2D eigenvalue weighted by Gasteiger charge is -2.43. The Labute approximate surface area is 80.9 Å². The van der Waals surface area contributed by atoms with Crippen molar-refractivity contribution in [1.29, 1.82) is 0 Å². The van der Waals surface area contributed by atoms with Gasteiger partial charge in [0.25, 0.3) is 5.92 Å². The molecule has 1 heterocycles. The normalized spacial score (nSPS) is 23.1. The summed E-state index contributed by atoms with van der Waals surface area (Å²) in [6, 6.07) is 0. The van der Waals surface area contributed by atoms with Gasteiger partial charge in [-0.3, -0.25) is 4.68 Å². The largest absolute Gasteiger partial charge is 0.321 e. The Bertz CT molecular complexity index is 338. The predicted molar refractivity (Wildman–Crippen MR) is 47.9 cm³/mol. The van der Waals surface area contributed by atoms with Crippen LogP contribution in [0.15, 0.2) is 12.4 Å². The molecular weight excluding hydrogens is 188 g/mol. The Kier molecular flexibility index (Phi) is 1.89. The van der Waals surface area contributed by atoms with Crippen LogP contribution >= 0.6 is 0 Å². The molecule has 14 heavy (non-hydrogen) atoms. The second-order valence-electron chi connectivity index (χ2n) is 3.95. The monoisotopic (exact) mass is 201 g/mol. The molecule has 1 aromatic rings. The van der Waals surface area contributed by atoms with Gasteiger partial charge in [-0.1, -0.05) is 0 Å². The molecule has 78 valence electrons. The van der Waals surface area contributed by atoms with E-state index in [0.29, 0.717) is 5.56 Å². The Morgan fingerprint density at radius 2 is 2.21 bits per heavy atom. The van der Waals surface area contributed by atoms with Gasteiger partial charge in [0, 0.05) is 31.1 Å². The van der Waals surface area contributed by atoms with Gasteiger partial charge in [0.15, 0.2) is 0 Å². The quantitative estimate of drug-likeness (QED) is 0.787. The van der Waals surface area contributed by atoms with Crippen molar-refractivity contribution in [2.75, 3.05) is 0 Å². The summed E-state index contributed by atoms with van der Waals surface area (Å²) in [6.07, 6.45) is 2.79. The number of aryl methyl sites for hydroxylation is 1. The first-order valence-electron chi connectivity index (χ1n) is 4.65. The summed E-state index contributed by atoms with van der Waals surface area (Å²) in [6.45, 7) is 2.67. The fourth-order valence-electron chi connectivity index (χ4n) is 1.87. The minimum atomic E-state index is -2.59. The molecule has 2 N–H and O–H groups in total. The average Bonchev–Trinajstić information content (AvgIpc) is 2.48. The number of aromatic nitrogens is 2. The third kappa shape index (κ3) is 1.41. The van der Waals surface area contributed by atoms with E-state index >= 15 is 0 Å². The summed E-state index contributed by atoms with van der Waals surface area (Å²) in [5.74, 6) is -2.59. The molecule has 2 rings (SSSR count). The third-order valence-electron chi connectivity index (χ3n) is 2.68. The maximum absolute atomic E-state index is 12.7. The highest BCUT2D eigenvalue weighted by molar-refractivity contribution is 5.24. The van der Waals surface area contributed by atoms with E-state index in [1.807, 2.05) is 6.92 Å². The van der Waals surface area contributed by atoms with E-state index in [4.69, 9.17) is 5.73 Å². The summed E-state index contributed by atoms with van der Waals surface area (Å²) in [7, 11) is 0. The minimum Gasteiger partial charge on any atom is -0.321 e. The zero-order valence-corrected chi connectivity index (χ0v) is 8.00. The minimum absolute atomic E-state index is 0.268. The second kappa shape index (κ2) is 2.76. The summed E-state index contributed by atoms with van der Waals surface area (Å²) in [4.78, 5) is 0. The maximum atomic E-state index is 12.7. The van der Waals surface area contributed by atoms with Crippen molar-refractivity contribution < 1.29 is 8.78 Å². The summed E-state index contributed by atoms with van der Waals surface area (Å²) in [5.41, 5.74) is 5.68. The molecule has 3 nitrogen and oxygen atoms in total. The number of hydrogen-bond acceptors (Lipinski definition) is 2. The van der Waals surface area contributed by atoms with Gasteiger partial charge < -0.3 is 5.73 Å². The first-order valence-corrected chi connectivity index (χ1v) is 4.65. The highest BCUT2D eigenvalue weighted by Crippen LogP contribution is 2.49. The van der Waals surface area contributed by atoms with Crippen molar-refractivity contribution >= 4 is 0 Å². The fourth-order valence-corrected chi connectivity index (χ4v) is 1.87. The van der Waals surface area contributed by atoms with Crippen LogP contribution in [0.1, 0.15) is 25.3 Å². The molecule has 1 aromatic heterocycles. The number of alkyl halides is 2. The Hall–Kier alpha value is -0.970. The van der Waals surface area contributed by atoms with Gasteiger partial charge in [-0.25, -0.2) is 8.78 Å². The molecule has 1 aliphatic carbocycles. The zero-order valence-electron chi connectivity index (χ0n) is 8.00. The highest BCUT2D eigenvalue weighted by Gasteiger charge is 2.55. The van der Waals surface area contributed by atoms with E-state index in [0.717, 1.165) is 6.54 Å². The number of hydrogen-bond donors (Lipinski definition) is 1. The lowest BCUT2D eigenvalue weighted by molar-refractivity contribution is -0.125. The summed E-state index contributed by atoms with van der Waals surface area (Å²) in [5, 5.41) is 4.02. The van der Waals surface area contributed by atoms with Crippen LogP contribution in [0.25, 0.3) is 0 Å². The molecule has 0 bridgehead atoms. The molecule has 1 saturated carbocycles. The van der Waals surface area contributed by atoms with Crippen molar-refractivity contribution in [3.8, 4) is 0 Å². The molecule has 0 unspecified atom stereocenters. The van der Waals surface area contributed by atoms with Crippen LogP contribution in [-0.4, -0.2) is 15.7 Å². The third-order valence-corrected chi connectivity index (χ3v) is 2.68. The topological polar surface area (TPSA) is 43.8 Å². The van der Waals surface area contributed by atoms with Crippen molar-refractivity contribution in [1.82, 2.24) is 9.78 Å². The van der Waals surface area contributed by atoms with Crippen molar-refractivity contribution in [2.45, 2.75) is 37.8 Å². The smallest absolute Gasteiger partial charge is 0.252 e. The van der Waals surface area contributed by atoms with E-state index in [-0.39, 0.29) is 12.8 Å². The van der Waals surface area contributed by atoms with Gasteiger partial charge in [-0.2, -0.15) is 5.10 Å². The number of halogens is 2. The maximum Gasteiger partial charge on any atom is 0.252 e. The van der Waals surface area contributed by atoms with Crippen LogP contribution in [-0.2, 0) is 12.1 Å². The highest BCUT2D eigenvalue weighted by atomic mass is 19.3. The standard InChI is InChI=1S/C9H13F2N3/c1-2-14-4-7(3-13-14)8(12)5-9(10,11)6-8/h3-4H,2,5-6,12H2,1H3. The predicted octanol–water partition coefficient (Wildman–Crippen LogP) is 1.49. The number of nitrogens with two attached hydrogens (primary N) is 1. The van der Waals surface area contributed by atoms with Crippen LogP contribution in [0.5, 0.6) is 0 Å². The molecule has 1 fully saturated rings. The van der Waals surface area contributed by atoms with Gasteiger partial charge in [0.05, 0.1) is 11.7 Å². The first kappa shape index (κ1) is 9.58. The summed E-state index contributed by atoms with van der Waals surface area (Å²) >= 11 is 0. The number of nitrogens with zero attached hydrogens (tertiary/aromatic N) is 2. The van der Waals surface area contributed by atoms with Crippen LogP contribution in [0, 0.1) is 0 Å². The molecular formula is C9H13F2N3. The number of rotatable bonds is 2. The Morgan fingerprint density at radius 1 is 1.57 bits per heavy atom. The zero-order chi connectivity index (χ0) is 10.4. The molecule has 0 radical (unpaired) electrons. The van der Waals surface area contributed by atoms with E-state index in [1.165, 1.54) is 0 Å². The van der Waals surface area contributed by atoms with E-state index in [9.17, 15) is 8.78 Å². The van der Waals surface area contributed by atoms with Crippen molar-refractivity contribution in [3.05, 3.63) is 18.0 Å². The molecule has 5 heteroatoms. The van der Waals surface area contributed by atoms with Crippen LogP contribution in [0.3, 0.4) is 0 Å². The Morgan fingerprint density at radius 3 is 2.64 bits per heavy atom. The van der Waals surface area contributed by atoms with Gasteiger partial charge in [-0.15, -0.1) is 0 Å². The van der Waals surface area contributed by atoms with E-state index in [2.05, 4.69) is 5.10 Å². The van der Waals surface area contributed by atoms with Crippen LogP contribution < -0.4 is 5.73 Å². The molecule has 0 amide bonds. The molecule has 0 atom stereocenters. The lowest BCUT2D eigenvalue weighted by Crippen LogP contribution is -2.55. The lowest BCUT2D eigenvalue weighted by atomic mass is 9.71. The van der Waals surface area contributed by atoms with Gasteiger partial charge in [0.1, 0.15) is 0 Å². The van der Waals surface area contributed by atoms with Crippen LogP contribution in [0.2, 0.25) is 0 Å². The van der Waals surface area contributed by atoms with Gasteiger partial charge in [0.2, 0.25) is 0 Å². The first-order chi connectivity index (χ1) is 6.45. The Balaban J connectivity index is 2.16. The van der Waals surface area contributed by atoms with E-state index in [1.54, 1.807) is 17.1 Å². The van der Waals surface area contributed by atoms with Crippen molar-refractivity contribution in [2.24, 2.45) is 5.73 Å². The van der Waals surface area contributed by atoms with Gasteiger partial charge in [-0.05, 0) is 6.92 Å². The van der Waals surface area contributed by atoms with Crippen LogP contribution in [0.4, 0.5) is 8.78 Å².